The summed E-state index contributed by atoms with van der Waals surface area (Å²) in [7, 11) is 0. The normalized spacial score (nSPS) is 16.4. The van der Waals surface area contributed by atoms with Crippen LogP contribution in [0.5, 0.6) is 0 Å². The number of benzene rings is 2. The van der Waals surface area contributed by atoms with Crippen LogP contribution in [0.4, 0.5) is 0 Å². The summed E-state index contributed by atoms with van der Waals surface area (Å²) >= 11 is 0. The lowest BCUT2D eigenvalue weighted by Crippen LogP contribution is -2.45. The van der Waals surface area contributed by atoms with Gasteiger partial charge >= 0.3 is 0 Å². The highest BCUT2D eigenvalue weighted by molar-refractivity contribution is 5.76. The molecule has 0 aliphatic carbocycles. The molecule has 3 rings (SSSR count). The minimum Gasteiger partial charge on any atom is -0.381 e. The molecule has 1 N–H and O–H groups in total. The Bertz CT molecular complexity index is 690. The lowest BCUT2D eigenvalue weighted by Gasteiger charge is -2.39. The fraction of sp³-hybridized carbons (Fsp3) is 0.409. The topological polar surface area (TPSA) is 38.3 Å². The second-order valence-corrected chi connectivity index (χ2v) is 6.97. The zero-order valence-corrected chi connectivity index (χ0v) is 15.0. The van der Waals surface area contributed by atoms with Crippen LogP contribution in [0, 0.1) is 6.92 Å². The molecule has 1 saturated heterocycles. The lowest BCUT2D eigenvalue weighted by molar-refractivity contribution is -0.121. The van der Waals surface area contributed by atoms with Crippen LogP contribution in [0.1, 0.15) is 36.0 Å². The van der Waals surface area contributed by atoms with E-state index in [2.05, 4.69) is 48.6 Å². The number of rotatable bonds is 6. The predicted molar refractivity (Wildman–Crippen MR) is 101 cm³/mol. The molecule has 25 heavy (non-hydrogen) atoms. The molecule has 1 aliphatic rings. The SMILES string of the molecule is Cc1ccccc1C1(CNC(=O)CCc2ccccc2)CCOCC1. The van der Waals surface area contributed by atoms with Gasteiger partial charge in [-0.1, -0.05) is 54.6 Å². The fourth-order valence-corrected chi connectivity index (χ4v) is 3.73. The molecule has 0 bridgehead atoms. The van der Waals surface area contributed by atoms with Crippen LogP contribution in [0.2, 0.25) is 0 Å². The summed E-state index contributed by atoms with van der Waals surface area (Å²) in [5.74, 6) is 0.128. The number of aryl methyl sites for hydroxylation is 2. The lowest BCUT2D eigenvalue weighted by atomic mass is 9.72. The molecular formula is C22H27NO2. The van der Waals surface area contributed by atoms with Crippen molar-refractivity contribution in [2.75, 3.05) is 19.8 Å². The maximum Gasteiger partial charge on any atom is 0.220 e. The summed E-state index contributed by atoms with van der Waals surface area (Å²) in [6.07, 6.45) is 3.23. The number of carbonyl (C=O) groups excluding carboxylic acids is 1. The van der Waals surface area contributed by atoms with Gasteiger partial charge in [-0.25, -0.2) is 0 Å². The Hall–Kier alpha value is -2.13. The summed E-state index contributed by atoms with van der Waals surface area (Å²) in [4.78, 5) is 12.4. The third-order valence-electron chi connectivity index (χ3n) is 5.27. The minimum absolute atomic E-state index is 0.00794. The molecule has 1 fully saturated rings. The predicted octanol–water partition coefficient (Wildman–Crippen LogP) is 3.79. The van der Waals surface area contributed by atoms with Gasteiger partial charge in [-0.3, -0.25) is 4.79 Å². The third-order valence-corrected chi connectivity index (χ3v) is 5.27. The van der Waals surface area contributed by atoms with Crippen molar-refractivity contribution >= 4 is 5.91 Å². The first-order valence-electron chi connectivity index (χ1n) is 9.14. The Kier molecular flexibility index (Phi) is 5.87. The first-order chi connectivity index (χ1) is 12.2. The molecule has 0 aromatic heterocycles. The maximum absolute atomic E-state index is 12.4. The molecular weight excluding hydrogens is 310 g/mol. The van der Waals surface area contributed by atoms with E-state index in [-0.39, 0.29) is 11.3 Å². The second kappa shape index (κ2) is 8.30. The Balaban J connectivity index is 1.63. The van der Waals surface area contributed by atoms with E-state index in [4.69, 9.17) is 4.74 Å². The Morgan fingerprint density at radius 2 is 1.72 bits per heavy atom. The van der Waals surface area contributed by atoms with Crippen molar-refractivity contribution in [3.05, 3.63) is 71.3 Å². The van der Waals surface area contributed by atoms with Crippen molar-refractivity contribution in [2.24, 2.45) is 0 Å². The third kappa shape index (κ3) is 4.49. The van der Waals surface area contributed by atoms with Gasteiger partial charge in [-0.15, -0.1) is 0 Å². The van der Waals surface area contributed by atoms with E-state index in [1.54, 1.807) is 0 Å². The summed E-state index contributed by atoms with van der Waals surface area (Å²) in [5, 5.41) is 3.19. The molecule has 2 aromatic carbocycles. The summed E-state index contributed by atoms with van der Waals surface area (Å²) < 4.78 is 5.59. The molecule has 3 nitrogen and oxygen atoms in total. The van der Waals surface area contributed by atoms with Crippen molar-refractivity contribution in [1.29, 1.82) is 0 Å². The number of hydrogen-bond donors (Lipinski definition) is 1. The van der Waals surface area contributed by atoms with Gasteiger partial charge in [-0.2, -0.15) is 0 Å². The van der Waals surface area contributed by atoms with Crippen LogP contribution < -0.4 is 5.32 Å². The van der Waals surface area contributed by atoms with E-state index in [1.807, 2.05) is 18.2 Å². The monoisotopic (exact) mass is 337 g/mol. The van der Waals surface area contributed by atoms with Crippen LogP contribution in [-0.4, -0.2) is 25.7 Å². The van der Waals surface area contributed by atoms with Crippen molar-refractivity contribution in [3.63, 3.8) is 0 Å². The molecule has 1 amide bonds. The summed E-state index contributed by atoms with van der Waals surface area (Å²) in [5.41, 5.74) is 3.84. The average molecular weight is 337 g/mol. The van der Waals surface area contributed by atoms with E-state index in [0.717, 1.165) is 32.5 Å². The molecule has 2 aromatic rings. The van der Waals surface area contributed by atoms with Gasteiger partial charge in [0.15, 0.2) is 0 Å². The Morgan fingerprint density at radius 3 is 2.44 bits per heavy atom. The quantitative estimate of drug-likeness (QED) is 0.871. The van der Waals surface area contributed by atoms with Crippen molar-refractivity contribution in [3.8, 4) is 0 Å². The second-order valence-electron chi connectivity index (χ2n) is 6.97. The highest BCUT2D eigenvalue weighted by atomic mass is 16.5. The largest absolute Gasteiger partial charge is 0.381 e. The first kappa shape index (κ1) is 17.7. The van der Waals surface area contributed by atoms with Gasteiger partial charge < -0.3 is 10.1 Å². The van der Waals surface area contributed by atoms with Crippen molar-refractivity contribution in [1.82, 2.24) is 5.32 Å². The zero-order chi connectivity index (χ0) is 17.5. The van der Waals surface area contributed by atoms with Crippen LogP contribution in [0.3, 0.4) is 0 Å². The number of amides is 1. The molecule has 3 heteroatoms. The minimum atomic E-state index is -0.00794. The Labute approximate surface area is 150 Å². The van der Waals surface area contributed by atoms with E-state index < -0.39 is 0 Å². The molecule has 0 radical (unpaired) electrons. The van der Waals surface area contributed by atoms with Crippen LogP contribution in [0.15, 0.2) is 54.6 Å². The average Bonchev–Trinajstić information content (AvgIpc) is 2.67. The molecule has 0 saturated carbocycles. The van der Waals surface area contributed by atoms with E-state index >= 15 is 0 Å². The van der Waals surface area contributed by atoms with Gasteiger partial charge in [0, 0.05) is 31.6 Å². The van der Waals surface area contributed by atoms with E-state index in [9.17, 15) is 4.79 Å². The van der Waals surface area contributed by atoms with Gasteiger partial charge in [0.2, 0.25) is 5.91 Å². The summed E-state index contributed by atoms with van der Waals surface area (Å²) in [6.45, 7) is 4.36. The van der Waals surface area contributed by atoms with Crippen LogP contribution >= 0.6 is 0 Å². The van der Waals surface area contributed by atoms with Crippen LogP contribution in [0.25, 0.3) is 0 Å². The van der Waals surface area contributed by atoms with E-state index in [1.165, 1.54) is 16.7 Å². The fourth-order valence-electron chi connectivity index (χ4n) is 3.73. The highest BCUT2D eigenvalue weighted by Crippen LogP contribution is 2.36. The van der Waals surface area contributed by atoms with Crippen LogP contribution in [-0.2, 0) is 21.4 Å². The Morgan fingerprint density at radius 1 is 1.04 bits per heavy atom. The van der Waals surface area contributed by atoms with Gasteiger partial charge in [0.05, 0.1) is 0 Å². The standard InChI is InChI=1S/C22H27NO2/c1-18-7-5-6-10-20(18)22(13-15-25-16-14-22)17-23-21(24)12-11-19-8-3-2-4-9-19/h2-10H,11-17H2,1H3,(H,23,24). The highest BCUT2D eigenvalue weighted by Gasteiger charge is 2.35. The molecule has 1 aliphatic heterocycles. The number of ether oxygens (including phenoxy) is 1. The first-order valence-corrected chi connectivity index (χ1v) is 9.14. The molecule has 0 atom stereocenters. The molecule has 0 unspecified atom stereocenters. The van der Waals surface area contributed by atoms with E-state index in [0.29, 0.717) is 13.0 Å². The number of carbonyl (C=O) groups is 1. The molecule has 0 spiro atoms. The smallest absolute Gasteiger partial charge is 0.220 e. The number of hydrogen-bond acceptors (Lipinski definition) is 2. The van der Waals surface area contributed by atoms with Gasteiger partial charge in [0.1, 0.15) is 0 Å². The van der Waals surface area contributed by atoms with Crippen molar-refractivity contribution in [2.45, 2.75) is 38.0 Å². The molecule has 132 valence electrons. The summed E-state index contributed by atoms with van der Waals surface area (Å²) in [6, 6.07) is 18.7. The van der Waals surface area contributed by atoms with Gasteiger partial charge in [-0.05, 0) is 42.9 Å². The maximum atomic E-state index is 12.4. The zero-order valence-electron chi connectivity index (χ0n) is 15.0. The number of nitrogens with one attached hydrogen (secondary N) is 1. The van der Waals surface area contributed by atoms with Gasteiger partial charge in [0.25, 0.3) is 0 Å². The van der Waals surface area contributed by atoms with Crippen molar-refractivity contribution < 1.29 is 9.53 Å². The molecule has 1 heterocycles.